The van der Waals surface area contributed by atoms with Crippen molar-refractivity contribution in [2.45, 2.75) is 56.1 Å². The van der Waals surface area contributed by atoms with Gasteiger partial charge in [-0.15, -0.1) is 0 Å². The molecule has 218 valence electrons. The van der Waals surface area contributed by atoms with E-state index >= 15 is 0 Å². The molecule has 1 N–H and O–H groups in total. The number of halogens is 2. The highest BCUT2D eigenvalue weighted by Gasteiger charge is 2.33. The summed E-state index contributed by atoms with van der Waals surface area (Å²) >= 11 is 12.3. The van der Waals surface area contributed by atoms with Crippen molar-refractivity contribution in [1.29, 1.82) is 0 Å². The van der Waals surface area contributed by atoms with Crippen LogP contribution in [-0.2, 0) is 26.2 Å². The predicted octanol–water partition coefficient (Wildman–Crippen LogP) is 5.67. The molecular weight excluding hydrogens is 585 g/mol. The molecule has 0 bridgehead atoms. The molecule has 3 aromatic carbocycles. The lowest BCUT2D eigenvalue weighted by Gasteiger charge is -2.32. The molecule has 4 rings (SSSR count). The number of methoxy groups -OCH3 is 1. The summed E-state index contributed by atoms with van der Waals surface area (Å²) in [6.45, 7) is 1.13. The molecule has 1 atom stereocenters. The third kappa shape index (κ3) is 7.52. The van der Waals surface area contributed by atoms with Gasteiger partial charge in [0.15, 0.2) is 0 Å². The summed E-state index contributed by atoms with van der Waals surface area (Å²) in [4.78, 5) is 28.7. The topological polar surface area (TPSA) is 96.0 Å². The Morgan fingerprint density at radius 2 is 1.63 bits per heavy atom. The van der Waals surface area contributed by atoms with E-state index in [9.17, 15) is 18.0 Å². The average Bonchev–Trinajstić information content (AvgIpc) is 3.49. The number of nitrogens with one attached hydrogen (secondary N) is 1. The van der Waals surface area contributed by atoms with E-state index in [0.717, 1.165) is 30.0 Å². The number of hydrogen-bond donors (Lipinski definition) is 1. The van der Waals surface area contributed by atoms with Gasteiger partial charge in [-0.25, -0.2) is 8.42 Å². The first-order chi connectivity index (χ1) is 19.6. The van der Waals surface area contributed by atoms with Gasteiger partial charge in [0.25, 0.3) is 10.0 Å². The first kappa shape index (κ1) is 30.7. The molecule has 0 radical (unpaired) electrons. The molecule has 41 heavy (non-hydrogen) atoms. The Morgan fingerprint density at radius 1 is 0.976 bits per heavy atom. The lowest BCUT2D eigenvalue weighted by atomic mass is 10.1. The van der Waals surface area contributed by atoms with Gasteiger partial charge in [0.1, 0.15) is 18.3 Å². The summed E-state index contributed by atoms with van der Waals surface area (Å²) < 4.78 is 33.9. The number of carbonyl (C=O) groups is 2. The molecule has 0 heterocycles. The number of nitrogens with zero attached hydrogens (tertiary/aromatic N) is 2. The third-order valence-corrected chi connectivity index (χ3v) is 9.70. The fourth-order valence-electron chi connectivity index (χ4n) is 4.81. The second-order valence-corrected chi connectivity index (χ2v) is 12.6. The quantitative estimate of drug-likeness (QED) is 0.299. The van der Waals surface area contributed by atoms with Crippen LogP contribution in [0.3, 0.4) is 0 Å². The minimum Gasteiger partial charge on any atom is -0.497 e. The van der Waals surface area contributed by atoms with E-state index < -0.39 is 28.5 Å². The van der Waals surface area contributed by atoms with Crippen molar-refractivity contribution in [3.05, 3.63) is 88.4 Å². The van der Waals surface area contributed by atoms with Crippen LogP contribution in [0.1, 0.15) is 38.2 Å². The average molecular weight is 619 g/mol. The molecule has 11 heteroatoms. The Bertz CT molecular complexity index is 1460. The number of hydrogen-bond acceptors (Lipinski definition) is 5. The molecule has 1 fully saturated rings. The summed E-state index contributed by atoms with van der Waals surface area (Å²) in [5.74, 6) is -0.316. The number of anilines is 1. The third-order valence-electron chi connectivity index (χ3n) is 7.18. The maximum absolute atomic E-state index is 14.0. The van der Waals surface area contributed by atoms with E-state index in [1.807, 2.05) is 0 Å². The Labute approximate surface area is 251 Å². The van der Waals surface area contributed by atoms with Gasteiger partial charge in [-0.05, 0) is 73.9 Å². The lowest BCUT2D eigenvalue weighted by Crippen LogP contribution is -2.52. The zero-order chi connectivity index (χ0) is 29.6. The van der Waals surface area contributed by atoms with Crippen molar-refractivity contribution in [3.8, 4) is 5.75 Å². The minimum absolute atomic E-state index is 0.0246. The van der Waals surface area contributed by atoms with E-state index in [2.05, 4.69) is 5.32 Å². The Balaban J connectivity index is 1.69. The number of amides is 2. The van der Waals surface area contributed by atoms with Crippen LogP contribution in [0, 0.1) is 0 Å². The van der Waals surface area contributed by atoms with Crippen LogP contribution in [0.25, 0.3) is 0 Å². The zero-order valence-corrected chi connectivity index (χ0v) is 25.3. The maximum Gasteiger partial charge on any atom is 0.264 e. The van der Waals surface area contributed by atoms with E-state index in [1.54, 1.807) is 67.6 Å². The number of benzene rings is 3. The highest BCUT2D eigenvalue weighted by atomic mass is 35.5. The van der Waals surface area contributed by atoms with Crippen LogP contribution < -0.4 is 14.4 Å². The lowest BCUT2D eigenvalue weighted by molar-refractivity contribution is -0.139. The first-order valence-corrected chi connectivity index (χ1v) is 15.6. The fourth-order valence-corrected chi connectivity index (χ4v) is 6.56. The molecule has 0 saturated heterocycles. The van der Waals surface area contributed by atoms with Crippen molar-refractivity contribution in [1.82, 2.24) is 10.2 Å². The normalized spacial score (nSPS) is 14.3. The van der Waals surface area contributed by atoms with Crippen LogP contribution in [0.4, 0.5) is 5.69 Å². The SMILES string of the molecule is COc1ccc(N(CC(=O)N(Cc2ccc(Cl)c(Cl)c2)C(C)C(=O)NC2CCCC2)S(=O)(=O)c2ccccc2)cc1. The molecule has 1 unspecified atom stereocenters. The molecule has 0 aromatic heterocycles. The van der Waals surface area contributed by atoms with Gasteiger partial charge in [-0.1, -0.05) is 60.3 Å². The molecule has 0 aliphatic heterocycles. The number of ether oxygens (including phenoxy) is 1. The molecule has 0 spiro atoms. The monoisotopic (exact) mass is 617 g/mol. The fraction of sp³-hybridized carbons (Fsp3) is 0.333. The Morgan fingerprint density at radius 3 is 2.24 bits per heavy atom. The van der Waals surface area contributed by atoms with Crippen LogP contribution in [-0.4, -0.2) is 50.9 Å². The summed E-state index contributed by atoms with van der Waals surface area (Å²) in [5.41, 5.74) is 0.927. The molecule has 3 aromatic rings. The minimum atomic E-state index is -4.15. The van der Waals surface area contributed by atoms with Gasteiger partial charge in [0, 0.05) is 12.6 Å². The smallest absolute Gasteiger partial charge is 0.264 e. The van der Waals surface area contributed by atoms with E-state index in [0.29, 0.717) is 21.4 Å². The Kier molecular flexibility index (Phi) is 10.2. The molecule has 8 nitrogen and oxygen atoms in total. The van der Waals surface area contributed by atoms with Crippen LogP contribution in [0.5, 0.6) is 5.75 Å². The number of rotatable bonds is 11. The van der Waals surface area contributed by atoms with Gasteiger partial charge < -0.3 is 15.0 Å². The summed E-state index contributed by atoms with van der Waals surface area (Å²) in [6, 6.07) is 18.4. The Hall–Kier alpha value is -3.27. The molecule has 1 aliphatic carbocycles. The highest BCUT2D eigenvalue weighted by molar-refractivity contribution is 7.92. The van der Waals surface area contributed by atoms with Gasteiger partial charge in [-0.2, -0.15) is 0 Å². The van der Waals surface area contributed by atoms with Crippen molar-refractivity contribution in [2.75, 3.05) is 18.0 Å². The largest absolute Gasteiger partial charge is 0.497 e. The van der Waals surface area contributed by atoms with Crippen LogP contribution in [0.15, 0.2) is 77.7 Å². The molecule has 2 amide bonds. The second-order valence-electron chi connectivity index (χ2n) is 9.96. The maximum atomic E-state index is 14.0. The van der Waals surface area contributed by atoms with Crippen LogP contribution >= 0.6 is 23.2 Å². The van der Waals surface area contributed by atoms with Gasteiger partial charge in [0.05, 0.1) is 27.7 Å². The zero-order valence-electron chi connectivity index (χ0n) is 22.9. The molecule has 1 aliphatic rings. The summed E-state index contributed by atoms with van der Waals surface area (Å²) in [5, 5.41) is 3.72. The van der Waals surface area contributed by atoms with Crippen molar-refractivity contribution < 1.29 is 22.7 Å². The molecular formula is C30H33Cl2N3O5S. The first-order valence-electron chi connectivity index (χ1n) is 13.4. The van der Waals surface area contributed by atoms with Gasteiger partial charge in [0.2, 0.25) is 11.8 Å². The van der Waals surface area contributed by atoms with Crippen molar-refractivity contribution >= 4 is 50.7 Å². The number of carbonyl (C=O) groups excluding carboxylic acids is 2. The second kappa shape index (κ2) is 13.6. The summed E-state index contributed by atoms with van der Waals surface area (Å²) in [7, 11) is -2.64. The highest BCUT2D eigenvalue weighted by Crippen LogP contribution is 2.28. The number of sulfonamides is 1. The van der Waals surface area contributed by atoms with Gasteiger partial charge >= 0.3 is 0 Å². The van der Waals surface area contributed by atoms with E-state index in [-0.39, 0.29) is 29.1 Å². The summed E-state index contributed by atoms with van der Waals surface area (Å²) in [6.07, 6.45) is 3.86. The van der Waals surface area contributed by atoms with Gasteiger partial charge in [-0.3, -0.25) is 13.9 Å². The van der Waals surface area contributed by atoms with E-state index in [4.69, 9.17) is 27.9 Å². The van der Waals surface area contributed by atoms with Crippen molar-refractivity contribution in [2.24, 2.45) is 0 Å². The van der Waals surface area contributed by atoms with E-state index in [1.165, 1.54) is 24.1 Å². The predicted molar refractivity (Wildman–Crippen MR) is 161 cm³/mol. The van der Waals surface area contributed by atoms with Crippen molar-refractivity contribution in [3.63, 3.8) is 0 Å². The molecule has 1 saturated carbocycles. The van der Waals surface area contributed by atoms with Crippen LogP contribution in [0.2, 0.25) is 10.0 Å². The standard InChI is InChI=1S/C30H33Cl2N3O5S/c1-21(30(37)33-23-8-6-7-9-23)34(19-22-12-17-27(31)28(32)18-22)29(36)20-35(24-13-15-25(40-2)16-14-24)41(38,39)26-10-4-3-5-11-26/h3-5,10-18,21,23H,6-9,19-20H2,1-2H3,(H,33,37).